The van der Waals surface area contributed by atoms with Gasteiger partial charge in [-0.05, 0) is 63.6 Å². The minimum Gasteiger partial charge on any atom is -0.456 e. The third kappa shape index (κ3) is 6.33. The number of aryl methyl sites for hydroxylation is 2. The third-order valence-corrected chi connectivity index (χ3v) is 4.11. The molecule has 5 nitrogen and oxygen atoms in total. The Balaban J connectivity index is 1.78. The highest BCUT2D eigenvalue weighted by molar-refractivity contribution is 5.97. The van der Waals surface area contributed by atoms with Crippen molar-refractivity contribution in [1.82, 2.24) is 5.32 Å². The van der Waals surface area contributed by atoms with Gasteiger partial charge in [-0.3, -0.25) is 14.4 Å². The molecule has 1 aliphatic rings. The van der Waals surface area contributed by atoms with Crippen LogP contribution in [0.4, 0.5) is 0 Å². The predicted octanol–water partition coefficient (Wildman–Crippen LogP) is 2.99. The second kappa shape index (κ2) is 8.28. The van der Waals surface area contributed by atoms with Crippen molar-refractivity contribution in [2.24, 2.45) is 0 Å². The zero-order valence-corrected chi connectivity index (χ0v) is 15.3. The molecule has 0 saturated carbocycles. The summed E-state index contributed by atoms with van der Waals surface area (Å²) >= 11 is 0. The molecule has 0 heterocycles. The van der Waals surface area contributed by atoms with Crippen molar-refractivity contribution in [2.75, 3.05) is 6.61 Å². The summed E-state index contributed by atoms with van der Waals surface area (Å²) in [6.07, 6.45) is 4.54. The third-order valence-electron chi connectivity index (χ3n) is 4.11. The van der Waals surface area contributed by atoms with E-state index in [2.05, 4.69) is 5.32 Å². The van der Waals surface area contributed by atoms with E-state index in [0.29, 0.717) is 5.56 Å². The lowest BCUT2D eigenvalue weighted by Crippen LogP contribution is -2.42. The summed E-state index contributed by atoms with van der Waals surface area (Å²) in [7, 11) is 0. The normalized spacial score (nSPS) is 13.7. The van der Waals surface area contributed by atoms with Crippen molar-refractivity contribution in [3.8, 4) is 0 Å². The van der Waals surface area contributed by atoms with Crippen LogP contribution in [0.2, 0.25) is 0 Å². The smallest absolute Gasteiger partial charge is 0.306 e. The molecule has 1 aromatic carbocycles. The minimum absolute atomic E-state index is 0.0152. The summed E-state index contributed by atoms with van der Waals surface area (Å²) in [5, 5.41) is 2.71. The average Bonchev–Trinajstić information content (AvgIpc) is 2.56. The van der Waals surface area contributed by atoms with Gasteiger partial charge in [-0.1, -0.05) is 12.1 Å². The van der Waals surface area contributed by atoms with E-state index in [1.807, 2.05) is 39.0 Å². The van der Waals surface area contributed by atoms with Crippen LogP contribution < -0.4 is 5.32 Å². The second-order valence-electron chi connectivity index (χ2n) is 7.57. The molecule has 136 valence electrons. The van der Waals surface area contributed by atoms with Crippen LogP contribution in [0.15, 0.2) is 18.2 Å². The number of benzene rings is 1. The summed E-state index contributed by atoms with van der Waals surface area (Å²) in [6, 6.07) is 5.82. The van der Waals surface area contributed by atoms with E-state index in [0.717, 1.165) is 19.3 Å². The largest absolute Gasteiger partial charge is 0.456 e. The first-order chi connectivity index (χ1) is 11.7. The molecule has 0 fully saturated rings. The van der Waals surface area contributed by atoms with Crippen molar-refractivity contribution < 1.29 is 19.1 Å². The van der Waals surface area contributed by atoms with Crippen molar-refractivity contribution in [3.63, 3.8) is 0 Å². The van der Waals surface area contributed by atoms with E-state index in [9.17, 15) is 14.4 Å². The predicted molar refractivity (Wildman–Crippen MR) is 95.5 cm³/mol. The summed E-state index contributed by atoms with van der Waals surface area (Å²) in [5.74, 6) is -0.943. The number of amides is 1. The van der Waals surface area contributed by atoms with Gasteiger partial charge in [0, 0.05) is 17.5 Å². The van der Waals surface area contributed by atoms with Crippen LogP contribution >= 0.6 is 0 Å². The Morgan fingerprint density at radius 3 is 2.40 bits per heavy atom. The maximum Gasteiger partial charge on any atom is 0.306 e. The number of fused-ring (bicyclic) bond motifs is 1. The van der Waals surface area contributed by atoms with Gasteiger partial charge in [-0.2, -0.15) is 0 Å². The number of hydrogen-bond acceptors (Lipinski definition) is 4. The Morgan fingerprint density at radius 2 is 1.72 bits per heavy atom. The molecule has 0 saturated heterocycles. The van der Waals surface area contributed by atoms with Gasteiger partial charge in [-0.25, -0.2) is 0 Å². The lowest BCUT2D eigenvalue weighted by Gasteiger charge is -2.20. The molecule has 0 spiro atoms. The van der Waals surface area contributed by atoms with E-state index in [1.54, 1.807) is 0 Å². The van der Waals surface area contributed by atoms with Gasteiger partial charge >= 0.3 is 5.97 Å². The van der Waals surface area contributed by atoms with Gasteiger partial charge in [-0.15, -0.1) is 0 Å². The van der Waals surface area contributed by atoms with Crippen LogP contribution in [-0.4, -0.2) is 29.8 Å². The topological polar surface area (TPSA) is 72.5 Å². The van der Waals surface area contributed by atoms with E-state index in [-0.39, 0.29) is 36.7 Å². The highest BCUT2D eigenvalue weighted by Crippen LogP contribution is 2.23. The minimum atomic E-state index is -0.532. The molecule has 1 N–H and O–H groups in total. The lowest BCUT2D eigenvalue weighted by atomic mass is 9.89. The van der Waals surface area contributed by atoms with Crippen LogP contribution in [0.25, 0.3) is 0 Å². The maximum atomic E-state index is 12.3. The fourth-order valence-electron chi connectivity index (χ4n) is 2.94. The monoisotopic (exact) mass is 345 g/mol. The van der Waals surface area contributed by atoms with E-state index < -0.39 is 5.97 Å². The van der Waals surface area contributed by atoms with E-state index in [1.165, 1.54) is 17.5 Å². The summed E-state index contributed by atoms with van der Waals surface area (Å²) in [5.41, 5.74) is 2.86. The highest BCUT2D eigenvalue weighted by atomic mass is 16.5. The molecular weight excluding hydrogens is 318 g/mol. The molecule has 0 bridgehead atoms. The Kier molecular flexibility index (Phi) is 6.34. The first-order valence-corrected chi connectivity index (χ1v) is 8.86. The Hall–Kier alpha value is -2.17. The summed E-state index contributed by atoms with van der Waals surface area (Å²) < 4.78 is 4.92. The van der Waals surface area contributed by atoms with Crippen molar-refractivity contribution in [3.05, 3.63) is 34.9 Å². The van der Waals surface area contributed by atoms with E-state index in [4.69, 9.17) is 4.74 Å². The van der Waals surface area contributed by atoms with Gasteiger partial charge in [0.25, 0.3) is 5.91 Å². The molecular formula is C20H27NO4. The second-order valence-corrected chi connectivity index (χ2v) is 7.57. The first kappa shape index (κ1) is 19.2. The van der Waals surface area contributed by atoms with Gasteiger partial charge in [0.1, 0.15) is 0 Å². The van der Waals surface area contributed by atoms with Gasteiger partial charge in [0.2, 0.25) is 0 Å². The number of esters is 1. The molecule has 0 atom stereocenters. The van der Waals surface area contributed by atoms with Crippen molar-refractivity contribution in [1.29, 1.82) is 0 Å². The quantitative estimate of drug-likeness (QED) is 0.635. The van der Waals surface area contributed by atoms with Crippen LogP contribution in [0, 0.1) is 0 Å². The number of hydrogen-bond donors (Lipinski definition) is 1. The Labute approximate surface area is 149 Å². The number of carbonyl (C=O) groups excluding carboxylic acids is 3. The molecule has 1 amide bonds. The van der Waals surface area contributed by atoms with Crippen LogP contribution in [-0.2, 0) is 27.2 Å². The Bertz CT molecular complexity index is 658. The number of ether oxygens (including phenoxy) is 1. The van der Waals surface area contributed by atoms with Crippen molar-refractivity contribution >= 4 is 17.7 Å². The number of Topliss-reactive ketones (excluding diaryl/α,β-unsaturated/α-hetero) is 1. The number of nitrogens with one attached hydrogen (secondary N) is 1. The highest BCUT2D eigenvalue weighted by Gasteiger charge is 2.17. The molecule has 2 rings (SSSR count). The lowest BCUT2D eigenvalue weighted by molar-refractivity contribution is -0.148. The molecule has 0 unspecified atom stereocenters. The molecule has 0 aromatic heterocycles. The zero-order chi connectivity index (χ0) is 18.4. The van der Waals surface area contributed by atoms with Crippen molar-refractivity contribution in [2.45, 2.75) is 64.8 Å². The first-order valence-electron chi connectivity index (χ1n) is 8.86. The molecule has 1 aromatic rings. The van der Waals surface area contributed by atoms with Gasteiger partial charge in [0.05, 0.1) is 6.42 Å². The van der Waals surface area contributed by atoms with Crippen LogP contribution in [0.5, 0.6) is 0 Å². The maximum absolute atomic E-state index is 12.3. The van der Waals surface area contributed by atoms with Gasteiger partial charge in [0.15, 0.2) is 12.4 Å². The number of carbonyl (C=O) groups is 3. The summed E-state index contributed by atoms with van der Waals surface area (Å²) in [6.45, 7) is 5.24. The zero-order valence-electron chi connectivity index (χ0n) is 15.3. The average molecular weight is 345 g/mol. The fourth-order valence-corrected chi connectivity index (χ4v) is 2.94. The SMILES string of the molecule is CC(C)(C)NC(=O)COC(=O)CCC(=O)c1ccc2c(c1)CCCC2. The van der Waals surface area contributed by atoms with Crippen LogP contribution in [0.1, 0.15) is 67.9 Å². The number of ketones is 1. The molecule has 0 radical (unpaired) electrons. The van der Waals surface area contributed by atoms with Crippen LogP contribution in [0.3, 0.4) is 0 Å². The number of rotatable bonds is 6. The molecule has 1 aliphatic carbocycles. The standard InChI is InChI=1S/C20H27NO4/c1-20(2,3)21-18(23)13-25-19(24)11-10-17(22)16-9-8-14-6-4-5-7-15(14)12-16/h8-9,12H,4-7,10-11,13H2,1-3H3,(H,21,23). The fraction of sp³-hybridized carbons (Fsp3) is 0.550. The molecule has 5 heteroatoms. The molecule has 0 aliphatic heterocycles. The Morgan fingerprint density at radius 1 is 1.04 bits per heavy atom. The molecule has 25 heavy (non-hydrogen) atoms. The summed E-state index contributed by atoms with van der Waals surface area (Å²) in [4.78, 5) is 35.6. The van der Waals surface area contributed by atoms with E-state index >= 15 is 0 Å². The van der Waals surface area contributed by atoms with Gasteiger partial charge < -0.3 is 10.1 Å².